The average molecular weight is 507 g/mol. The number of hydrogen-bond acceptors (Lipinski definition) is 8. The number of amides is 1. The van der Waals surface area contributed by atoms with Crippen LogP contribution in [0.25, 0.3) is 11.3 Å². The molecule has 5 rings (SSSR count). The van der Waals surface area contributed by atoms with Gasteiger partial charge in [0.15, 0.2) is 0 Å². The number of halogens is 2. The van der Waals surface area contributed by atoms with Crippen LogP contribution in [0, 0.1) is 23.0 Å². The van der Waals surface area contributed by atoms with Gasteiger partial charge in [-0.05, 0) is 37.3 Å². The van der Waals surface area contributed by atoms with Gasteiger partial charge < -0.3 is 24.6 Å². The second-order valence-corrected chi connectivity index (χ2v) is 8.70. The molecule has 0 saturated carbocycles. The summed E-state index contributed by atoms with van der Waals surface area (Å²) in [7, 11) is 1.49. The normalized spacial score (nSPS) is 15.9. The lowest BCUT2D eigenvalue weighted by atomic mass is 10.0. The maximum Gasteiger partial charge on any atom is 0.260 e. The van der Waals surface area contributed by atoms with Gasteiger partial charge in [-0.25, -0.2) is 18.7 Å². The summed E-state index contributed by atoms with van der Waals surface area (Å²) in [5.41, 5.74) is 1.34. The van der Waals surface area contributed by atoms with Crippen LogP contribution in [0.4, 0.5) is 26.0 Å². The van der Waals surface area contributed by atoms with E-state index in [1.165, 1.54) is 18.1 Å². The van der Waals surface area contributed by atoms with Crippen LogP contribution in [0.1, 0.15) is 28.5 Å². The highest BCUT2D eigenvalue weighted by Crippen LogP contribution is 2.36. The van der Waals surface area contributed by atoms with E-state index in [0.717, 1.165) is 30.9 Å². The fourth-order valence-electron chi connectivity index (χ4n) is 4.46. The van der Waals surface area contributed by atoms with Crippen molar-refractivity contribution in [1.82, 2.24) is 14.9 Å². The third kappa shape index (κ3) is 4.69. The fraction of sp³-hybridized carbons (Fsp3) is 0.308. The molecule has 2 aromatic heterocycles. The molecule has 0 bridgehead atoms. The Kier molecular flexibility index (Phi) is 6.69. The van der Waals surface area contributed by atoms with Gasteiger partial charge in [0.25, 0.3) is 5.91 Å². The molecule has 0 radical (unpaired) electrons. The van der Waals surface area contributed by atoms with Crippen LogP contribution in [0.3, 0.4) is 0 Å². The smallest absolute Gasteiger partial charge is 0.260 e. The lowest BCUT2D eigenvalue weighted by Crippen LogP contribution is -2.36. The Morgan fingerprint density at radius 3 is 2.51 bits per heavy atom. The molecule has 11 heteroatoms. The van der Waals surface area contributed by atoms with E-state index in [1.54, 1.807) is 25.3 Å². The van der Waals surface area contributed by atoms with Crippen LogP contribution >= 0.6 is 0 Å². The number of fused-ring (bicyclic) bond motifs is 1. The van der Waals surface area contributed by atoms with E-state index in [-0.39, 0.29) is 34.8 Å². The second kappa shape index (κ2) is 10.1. The van der Waals surface area contributed by atoms with Crippen molar-refractivity contribution in [2.45, 2.75) is 19.7 Å². The Balaban J connectivity index is 1.55. The maximum atomic E-state index is 14.9. The maximum absolute atomic E-state index is 14.9. The van der Waals surface area contributed by atoms with Crippen LogP contribution in [0.2, 0.25) is 0 Å². The van der Waals surface area contributed by atoms with Gasteiger partial charge in [0, 0.05) is 20.2 Å². The fourth-order valence-corrected chi connectivity index (χ4v) is 4.46. The highest BCUT2D eigenvalue weighted by molar-refractivity contribution is 6.04. The largest absolute Gasteiger partial charge is 0.378 e. The van der Waals surface area contributed by atoms with E-state index >= 15 is 0 Å². The zero-order valence-corrected chi connectivity index (χ0v) is 20.3. The Hall–Kier alpha value is -4.14. The van der Waals surface area contributed by atoms with Crippen molar-refractivity contribution in [2.24, 2.45) is 0 Å². The minimum absolute atomic E-state index is 0.00889. The number of anilines is 3. The van der Waals surface area contributed by atoms with E-state index in [1.807, 2.05) is 6.07 Å². The predicted molar refractivity (Wildman–Crippen MR) is 131 cm³/mol. The number of hydrogen-bond donors (Lipinski definition) is 1. The monoisotopic (exact) mass is 506 g/mol. The molecule has 1 N–H and O–H groups in total. The van der Waals surface area contributed by atoms with Crippen LogP contribution in [0.5, 0.6) is 0 Å². The number of rotatable bonds is 6. The van der Waals surface area contributed by atoms with Gasteiger partial charge in [0.2, 0.25) is 0 Å². The number of nitriles is 1. The zero-order chi connectivity index (χ0) is 26.1. The summed E-state index contributed by atoms with van der Waals surface area (Å²) in [6.07, 6.45) is 1.18. The Morgan fingerprint density at radius 2 is 1.89 bits per heavy atom. The number of aromatic nitrogens is 2. The summed E-state index contributed by atoms with van der Waals surface area (Å²) in [6.45, 7) is 4.65. The average Bonchev–Trinajstić information content (AvgIpc) is 3.25. The zero-order valence-electron chi connectivity index (χ0n) is 20.3. The van der Waals surface area contributed by atoms with E-state index in [4.69, 9.17) is 14.7 Å². The minimum atomic E-state index is -0.922. The summed E-state index contributed by atoms with van der Waals surface area (Å²) < 4.78 is 40.5. The molecule has 9 nitrogen and oxygen atoms in total. The number of carbonyl (C=O) groups is 1. The molecule has 1 unspecified atom stereocenters. The van der Waals surface area contributed by atoms with E-state index in [2.05, 4.69) is 20.2 Å². The number of benzene rings is 1. The van der Waals surface area contributed by atoms with Crippen LogP contribution < -0.4 is 10.2 Å². The molecular formula is C26H24F2N6O3. The van der Waals surface area contributed by atoms with Gasteiger partial charge in [-0.3, -0.25) is 4.79 Å². The van der Waals surface area contributed by atoms with Gasteiger partial charge in [-0.15, -0.1) is 0 Å². The van der Waals surface area contributed by atoms with Crippen molar-refractivity contribution in [2.75, 3.05) is 43.6 Å². The van der Waals surface area contributed by atoms with Crippen molar-refractivity contribution < 1.29 is 23.0 Å². The summed E-state index contributed by atoms with van der Waals surface area (Å²) in [6, 6.07) is 8.74. The minimum Gasteiger partial charge on any atom is -0.378 e. The standard InChI is InChI=1S/C26H24F2N6O3/c1-15(36-2)34-14-22-25(26(34)35)21(11-20(31-22)24-18(27)9-16(12-29)10-19(24)28)32-23-4-3-17(13-30-23)33-5-7-37-8-6-33/h3-4,9-11,13,15H,5-8,14H2,1-2H3,(H,30,31,32). The van der Waals surface area contributed by atoms with E-state index in [9.17, 15) is 13.6 Å². The number of nitrogens with zero attached hydrogens (tertiary/aromatic N) is 5. The van der Waals surface area contributed by atoms with Crippen LogP contribution in [-0.2, 0) is 16.0 Å². The molecule has 1 aromatic carbocycles. The highest BCUT2D eigenvalue weighted by Gasteiger charge is 2.35. The first kappa shape index (κ1) is 24.5. The Labute approximate surface area is 212 Å². The first-order valence-corrected chi connectivity index (χ1v) is 11.7. The Bertz CT molecular complexity index is 1360. The molecular weight excluding hydrogens is 482 g/mol. The molecule has 4 heterocycles. The van der Waals surface area contributed by atoms with Gasteiger partial charge in [0.05, 0.1) is 71.5 Å². The number of carbonyl (C=O) groups excluding carboxylic acids is 1. The van der Waals surface area contributed by atoms with Crippen molar-refractivity contribution in [3.8, 4) is 17.3 Å². The van der Waals surface area contributed by atoms with Gasteiger partial charge in [0.1, 0.15) is 23.7 Å². The molecule has 190 valence electrons. The number of methoxy groups -OCH3 is 1. The van der Waals surface area contributed by atoms with Gasteiger partial charge in [-0.1, -0.05) is 0 Å². The molecule has 1 fully saturated rings. The number of pyridine rings is 2. The molecule has 2 aliphatic heterocycles. The predicted octanol–water partition coefficient (Wildman–Crippen LogP) is 3.82. The summed E-state index contributed by atoms with van der Waals surface area (Å²) in [5.74, 6) is -1.72. The van der Waals surface area contributed by atoms with E-state index in [0.29, 0.717) is 30.4 Å². The molecule has 1 amide bonds. The summed E-state index contributed by atoms with van der Waals surface area (Å²) >= 11 is 0. The molecule has 0 spiro atoms. The van der Waals surface area contributed by atoms with Gasteiger partial charge in [-0.2, -0.15) is 5.26 Å². The van der Waals surface area contributed by atoms with E-state index < -0.39 is 17.9 Å². The number of ether oxygens (including phenoxy) is 2. The molecule has 1 saturated heterocycles. The Morgan fingerprint density at radius 1 is 1.16 bits per heavy atom. The molecule has 0 aliphatic carbocycles. The van der Waals surface area contributed by atoms with Crippen molar-refractivity contribution in [3.63, 3.8) is 0 Å². The topological polar surface area (TPSA) is 104 Å². The van der Waals surface area contributed by atoms with Crippen molar-refractivity contribution >= 4 is 23.1 Å². The lowest BCUT2D eigenvalue weighted by Gasteiger charge is -2.28. The third-order valence-electron chi connectivity index (χ3n) is 6.48. The van der Waals surface area contributed by atoms with Crippen LogP contribution in [-0.4, -0.2) is 60.4 Å². The molecule has 37 heavy (non-hydrogen) atoms. The summed E-state index contributed by atoms with van der Waals surface area (Å²) in [5, 5.41) is 12.2. The molecule has 3 aromatic rings. The number of morpholine rings is 1. The third-order valence-corrected chi connectivity index (χ3v) is 6.48. The first-order chi connectivity index (χ1) is 17.9. The van der Waals surface area contributed by atoms with Crippen LogP contribution in [0.15, 0.2) is 36.5 Å². The lowest BCUT2D eigenvalue weighted by molar-refractivity contribution is -0.00889. The summed E-state index contributed by atoms with van der Waals surface area (Å²) in [4.78, 5) is 25.8. The number of nitrogens with one attached hydrogen (secondary N) is 1. The highest BCUT2D eigenvalue weighted by atomic mass is 19.1. The first-order valence-electron chi connectivity index (χ1n) is 11.7. The quantitative estimate of drug-likeness (QED) is 0.538. The molecule has 2 aliphatic rings. The SMILES string of the molecule is COC(C)N1Cc2nc(-c3c(F)cc(C#N)cc3F)cc(Nc3ccc(N4CCOCC4)cn3)c2C1=O. The second-order valence-electron chi connectivity index (χ2n) is 8.70. The molecule has 1 atom stereocenters. The van der Waals surface area contributed by atoms with Gasteiger partial charge >= 0.3 is 0 Å². The van der Waals surface area contributed by atoms with Crippen molar-refractivity contribution in [1.29, 1.82) is 5.26 Å². The van der Waals surface area contributed by atoms with Crippen molar-refractivity contribution in [3.05, 3.63) is 65.0 Å².